The molecule has 0 radical (unpaired) electrons. The molecule has 2 N–H and O–H groups in total. The number of amides is 1. The Labute approximate surface area is 211 Å². The first kappa shape index (κ1) is 23.9. The molecule has 1 saturated heterocycles. The van der Waals surface area contributed by atoms with Gasteiger partial charge in [0.2, 0.25) is 0 Å². The van der Waals surface area contributed by atoms with Crippen molar-refractivity contribution in [1.29, 1.82) is 0 Å². The smallest absolute Gasteiger partial charge is 0.414 e. The van der Waals surface area contributed by atoms with Crippen LogP contribution >= 0.6 is 0 Å². The van der Waals surface area contributed by atoms with E-state index < -0.39 is 12.1 Å². The van der Waals surface area contributed by atoms with Crippen molar-refractivity contribution in [3.63, 3.8) is 0 Å². The summed E-state index contributed by atoms with van der Waals surface area (Å²) < 4.78 is 5.86. The van der Waals surface area contributed by atoms with Crippen LogP contribution in [0, 0.1) is 6.92 Å². The number of aliphatic carboxylic acids is 1. The van der Waals surface area contributed by atoms with Crippen molar-refractivity contribution in [2.75, 3.05) is 49.6 Å². The highest BCUT2D eigenvalue weighted by molar-refractivity contribution is 5.90. The third-order valence-electron chi connectivity index (χ3n) is 7.20. The van der Waals surface area contributed by atoms with Gasteiger partial charge in [-0.15, -0.1) is 0 Å². The molecule has 0 aromatic heterocycles. The molecule has 186 valence electrons. The summed E-state index contributed by atoms with van der Waals surface area (Å²) in [7, 11) is 1.69. The first-order valence-corrected chi connectivity index (χ1v) is 12.3. The minimum atomic E-state index is -0.903. The molecule has 0 bridgehead atoms. The number of nitrogens with zero attached hydrogens (tertiary/aromatic N) is 2. The van der Waals surface area contributed by atoms with Gasteiger partial charge in [-0.1, -0.05) is 48.5 Å². The van der Waals surface area contributed by atoms with E-state index in [-0.39, 0.29) is 18.9 Å². The molecule has 1 fully saturated rings. The van der Waals surface area contributed by atoms with Gasteiger partial charge in [-0.3, -0.25) is 9.69 Å². The SMILES string of the molecule is Cc1c(N2CCNCC2)cc(CC(=O)O)cc1N(C)C(=O)OCC1c2ccccc2-c2ccccc21. The predicted molar refractivity (Wildman–Crippen MR) is 141 cm³/mol. The molecule has 7 nitrogen and oxygen atoms in total. The maximum Gasteiger partial charge on any atom is 0.414 e. The molecule has 5 rings (SSSR count). The van der Waals surface area contributed by atoms with Crippen LogP contribution in [0.2, 0.25) is 0 Å². The van der Waals surface area contributed by atoms with Crippen molar-refractivity contribution < 1.29 is 19.4 Å². The Balaban J connectivity index is 1.39. The van der Waals surface area contributed by atoms with Crippen LogP contribution in [0.3, 0.4) is 0 Å². The Morgan fingerprint density at radius 2 is 1.64 bits per heavy atom. The van der Waals surface area contributed by atoms with Crippen molar-refractivity contribution in [2.24, 2.45) is 0 Å². The van der Waals surface area contributed by atoms with E-state index in [4.69, 9.17) is 4.74 Å². The second-order valence-corrected chi connectivity index (χ2v) is 9.43. The van der Waals surface area contributed by atoms with E-state index in [0.717, 1.165) is 48.6 Å². The molecule has 3 aromatic rings. The van der Waals surface area contributed by atoms with Crippen LogP contribution in [-0.2, 0) is 16.0 Å². The van der Waals surface area contributed by atoms with Gasteiger partial charge < -0.3 is 20.1 Å². The lowest BCUT2D eigenvalue weighted by molar-refractivity contribution is -0.136. The second-order valence-electron chi connectivity index (χ2n) is 9.43. The van der Waals surface area contributed by atoms with Crippen LogP contribution in [0.15, 0.2) is 60.7 Å². The first-order valence-electron chi connectivity index (χ1n) is 12.3. The van der Waals surface area contributed by atoms with E-state index in [9.17, 15) is 14.7 Å². The number of rotatable bonds is 6. The Morgan fingerprint density at radius 1 is 1.03 bits per heavy atom. The molecule has 36 heavy (non-hydrogen) atoms. The van der Waals surface area contributed by atoms with Gasteiger partial charge in [-0.2, -0.15) is 0 Å². The average Bonchev–Trinajstić information content (AvgIpc) is 3.21. The molecule has 3 aromatic carbocycles. The van der Waals surface area contributed by atoms with Gasteiger partial charge in [0.1, 0.15) is 6.61 Å². The number of ether oxygens (including phenoxy) is 1. The minimum Gasteiger partial charge on any atom is -0.481 e. The molecule has 7 heteroatoms. The fourth-order valence-electron chi connectivity index (χ4n) is 5.39. The number of carbonyl (C=O) groups is 2. The van der Waals surface area contributed by atoms with E-state index in [1.807, 2.05) is 37.3 Å². The molecular weight excluding hydrogens is 454 g/mol. The number of hydrogen-bond acceptors (Lipinski definition) is 5. The van der Waals surface area contributed by atoms with Crippen molar-refractivity contribution in [3.05, 3.63) is 82.9 Å². The maximum atomic E-state index is 13.3. The molecule has 1 amide bonds. The number of piperazine rings is 1. The third-order valence-corrected chi connectivity index (χ3v) is 7.20. The summed E-state index contributed by atoms with van der Waals surface area (Å²) in [6, 6.07) is 20.2. The van der Waals surface area contributed by atoms with Gasteiger partial charge in [-0.05, 0) is 52.4 Å². The summed E-state index contributed by atoms with van der Waals surface area (Å²) in [5.41, 5.74) is 7.91. The Kier molecular flexibility index (Phi) is 6.65. The topological polar surface area (TPSA) is 82.1 Å². The summed E-state index contributed by atoms with van der Waals surface area (Å²) >= 11 is 0. The molecule has 0 atom stereocenters. The highest BCUT2D eigenvalue weighted by atomic mass is 16.6. The van der Waals surface area contributed by atoms with Crippen LogP contribution < -0.4 is 15.1 Å². The lowest BCUT2D eigenvalue weighted by atomic mass is 9.98. The zero-order valence-corrected chi connectivity index (χ0v) is 20.7. The van der Waals surface area contributed by atoms with E-state index >= 15 is 0 Å². The van der Waals surface area contributed by atoms with Crippen molar-refractivity contribution in [1.82, 2.24) is 5.32 Å². The Hall–Kier alpha value is -3.84. The highest BCUT2D eigenvalue weighted by Crippen LogP contribution is 2.44. The van der Waals surface area contributed by atoms with E-state index in [1.165, 1.54) is 16.0 Å². The zero-order valence-electron chi connectivity index (χ0n) is 20.7. The number of carboxylic acid groups (broad SMARTS) is 1. The average molecular weight is 486 g/mol. The van der Waals surface area contributed by atoms with Crippen molar-refractivity contribution >= 4 is 23.4 Å². The normalized spacial score (nSPS) is 14.8. The largest absolute Gasteiger partial charge is 0.481 e. The van der Waals surface area contributed by atoms with Gasteiger partial charge >= 0.3 is 12.1 Å². The third kappa shape index (κ3) is 4.54. The molecule has 1 aliphatic heterocycles. The van der Waals surface area contributed by atoms with Crippen LogP contribution in [0.1, 0.15) is 28.2 Å². The fraction of sp³-hybridized carbons (Fsp3) is 0.310. The quantitative estimate of drug-likeness (QED) is 0.538. The number of benzene rings is 3. The lowest BCUT2D eigenvalue weighted by Gasteiger charge is -2.33. The van der Waals surface area contributed by atoms with Crippen LogP contribution in [0.5, 0.6) is 0 Å². The van der Waals surface area contributed by atoms with Gasteiger partial charge in [0.05, 0.1) is 12.1 Å². The lowest BCUT2D eigenvalue weighted by Crippen LogP contribution is -2.44. The molecule has 1 heterocycles. The number of anilines is 2. The number of hydrogen-bond donors (Lipinski definition) is 2. The van der Waals surface area contributed by atoms with Gasteiger partial charge in [0.25, 0.3) is 0 Å². The monoisotopic (exact) mass is 485 g/mol. The van der Waals surface area contributed by atoms with Crippen molar-refractivity contribution in [3.8, 4) is 11.1 Å². The summed E-state index contributed by atoms with van der Waals surface area (Å²) in [5, 5.41) is 12.8. The first-order chi connectivity index (χ1) is 17.4. The molecule has 0 unspecified atom stereocenters. The van der Waals surface area contributed by atoms with Crippen LogP contribution in [0.25, 0.3) is 11.1 Å². The molecule has 2 aliphatic rings. The van der Waals surface area contributed by atoms with Crippen LogP contribution in [0.4, 0.5) is 16.2 Å². The standard InChI is InChI=1S/C29H31N3O4/c1-19-26(15-20(17-28(33)34)16-27(19)32-13-11-30-12-14-32)31(2)29(35)36-18-25-23-9-5-3-7-21(23)22-8-4-6-10-24(22)25/h3-10,15-16,25,30H,11-14,17-18H2,1-2H3,(H,33,34). The van der Waals surface area contributed by atoms with Crippen molar-refractivity contribution in [2.45, 2.75) is 19.3 Å². The second kappa shape index (κ2) is 10.0. The Morgan fingerprint density at radius 3 is 2.25 bits per heavy atom. The number of fused-ring (bicyclic) bond motifs is 3. The van der Waals surface area contributed by atoms with Gasteiger partial charge in [0, 0.05) is 44.8 Å². The maximum absolute atomic E-state index is 13.3. The fourth-order valence-corrected chi connectivity index (χ4v) is 5.39. The Bertz CT molecular complexity index is 1250. The number of carboxylic acids is 1. The number of carbonyl (C=O) groups excluding carboxylic acids is 1. The van der Waals surface area contributed by atoms with Crippen LogP contribution in [-0.4, -0.2) is 57.0 Å². The molecular formula is C29H31N3O4. The summed E-state index contributed by atoms with van der Waals surface area (Å²) in [6.07, 6.45) is -0.566. The number of nitrogens with one attached hydrogen (secondary N) is 1. The predicted octanol–water partition coefficient (Wildman–Crippen LogP) is 4.42. The van der Waals surface area contributed by atoms with Gasteiger partial charge in [-0.25, -0.2) is 4.79 Å². The summed E-state index contributed by atoms with van der Waals surface area (Å²) in [4.78, 5) is 28.5. The van der Waals surface area contributed by atoms with E-state index in [2.05, 4.69) is 34.5 Å². The molecule has 0 saturated carbocycles. The van der Waals surface area contributed by atoms with Gasteiger partial charge in [0.15, 0.2) is 0 Å². The highest BCUT2D eigenvalue weighted by Gasteiger charge is 2.30. The zero-order chi connectivity index (χ0) is 25.2. The van der Waals surface area contributed by atoms with E-state index in [0.29, 0.717) is 11.3 Å². The molecule has 0 spiro atoms. The summed E-state index contributed by atoms with van der Waals surface area (Å²) in [6.45, 7) is 5.58. The van der Waals surface area contributed by atoms with E-state index in [1.54, 1.807) is 13.1 Å². The minimum absolute atomic E-state index is 0.0226. The molecule has 1 aliphatic carbocycles. The summed E-state index contributed by atoms with van der Waals surface area (Å²) in [5.74, 6) is -0.925.